The standard InChI is InChI=1S/C15H26N2O2/c18-14-8-4-6-12(14)13-7-5-11-17(13)15(19)16-9-2-1-3-10-16/h12-14,18H,1-11H2. The van der Waals surface area contributed by atoms with Crippen LogP contribution in [0.2, 0.25) is 0 Å². The molecule has 0 aromatic rings. The predicted molar refractivity (Wildman–Crippen MR) is 73.9 cm³/mol. The number of rotatable bonds is 1. The van der Waals surface area contributed by atoms with Gasteiger partial charge < -0.3 is 14.9 Å². The zero-order valence-electron chi connectivity index (χ0n) is 11.8. The van der Waals surface area contributed by atoms with Crippen LogP contribution in [-0.2, 0) is 0 Å². The van der Waals surface area contributed by atoms with Gasteiger partial charge in [-0.2, -0.15) is 0 Å². The first-order chi connectivity index (χ1) is 9.27. The third-order valence-electron chi connectivity index (χ3n) is 5.20. The van der Waals surface area contributed by atoms with Crippen LogP contribution in [0.25, 0.3) is 0 Å². The van der Waals surface area contributed by atoms with Crippen molar-refractivity contribution in [3.63, 3.8) is 0 Å². The first kappa shape index (κ1) is 13.2. The monoisotopic (exact) mass is 266 g/mol. The van der Waals surface area contributed by atoms with Gasteiger partial charge in [-0.3, -0.25) is 0 Å². The molecule has 3 fully saturated rings. The van der Waals surface area contributed by atoms with E-state index in [0.29, 0.717) is 12.0 Å². The normalized spacial score (nSPS) is 35.9. The van der Waals surface area contributed by atoms with Crippen molar-refractivity contribution in [3.05, 3.63) is 0 Å². The summed E-state index contributed by atoms with van der Waals surface area (Å²) in [7, 11) is 0. The van der Waals surface area contributed by atoms with Gasteiger partial charge in [0.25, 0.3) is 0 Å². The summed E-state index contributed by atoms with van der Waals surface area (Å²) in [5.41, 5.74) is 0. The summed E-state index contributed by atoms with van der Waals surface area (Å²) in [4.78, 5) is 16.7. The molecule has 2 heterocycles. The number of likely N-dealkylation sites (tertiary alicyclic amines) is 2. The van der Waals surface area contributed by atoms with Crippen molar-refractivity contribution in [1.82, 2.24) is 9.80 Å². The number of carbonyl (C=O) groups is 1. The fraction of sp³-hybridized carbons (Fsp3) is 0.933. The largest absolute Gasteiger partial charge is 0.393 e. The van der Waals surface area contributed by atoms with Gasteiger partial charge in [0.2, 0.25) is 0 Å². The van der Waals surface area contributed by atoms with Gasteiger partial charge in [0.15, 0.2) is 0 Å². The SMILES string of the molecule is O=C(N1CCCCC1)N1CCCC1C1CCCC1O. The van der Waals surface area contributed by atoms with Gasteiger partial charge in [0.05, 0.1) is 6.10 Å². The molecule has 0 bridgehead atoms. The maximum Gasteiger partial charge on any atom is 0.320 e. The molecule has 0 radical (unpaired) electrons. The third-order valence-corrected chi connectivity index (χ3v) is 5.20. The number of hydrogen-bond donors (Lipinski definition) is 1. The molecule has 3 rings (SSSR count). The topological polar surface area (TPSA) is 43.8 Å². The first-order valence-electron chi connectivity index (χ1n) is 8.01. The summed E-state index contributed by atoms with van der Waals surface area (Å²) < 4.78 is 0. The molecule has 2 aliphatic heterocycles. The molecule has 1 saturated carbocycles. The van der Waals surface area contributed by atoms with Crippen LogP contribution < -0.4 is 0 Å². The minimum atomic E-state index is -0.181. The Bertz CT molecular complexity index is 328. The molecule has 3 aliphatic rings. The highest BCUT2D eigenvalue weighted by Crippen LogP contribution is 2.36. The summed E-state index contributed by atoms with van der Waals surface area (Å²) in [6.45, 7) is 2.74. The molecular weight excluding hydrogens is 240 g/mol. The molecule has 3 unspecified atom stereocenters. The lowest BCUT2D eigenvalue weighted by molar-refractivity contribution is 0.0729. The number of urea groups is 1. The molecule has 0 aromatic carbocycles. The van der Waals surface area contributed by atoms with Crippen LogP contribution in [0.5, 0.6) is 0 Å². The Morgan fingerprint density at radius 1 is 0.895 bits per heavy atom. The third kappa shape index (κ3) is 2.60. The van der Waals surface area contributed by atoms with Gasteiger partial charge in [-0.05, 0) is 44.9 Å². The Morgan fingerprint density at radius 2 is 1.68 bits per heavy atom. The average Bonchev–Trinajstić information content (AvgIpc) is 3.07. The molecule has 3 atom stereocenters. The fourth-order valence-corrected chi connectivity index (χ4v) is 4.16. The molecule has 0 aromatic heterocycles. The van der Waals surface area contributed by atoms with Gasteiger partial charge in [-0.25, -0.2) is 4.79 Å². The van der Waals surface area contributed by atoms with E-state index in [-0.39, 0.29) is 12.1 Å². The Kier molecular flexibility index (Phi) is 3.96. The van der Waals surface area contributed by atoms with Crippen molar-refractivity contribution >= 4 is 6.03 Å². The highest BCUT2D eigenvalue weighted by molar-refractivity contribution is 5.75. The predicted octanol–water partition coefficient (Wildman–Crippen LogP) is 2.22. The smallest absolute Gasteiger partial charge is 0.320 e. The lowest BCUT2D eigenvalue weighted by atomic mass is 9.94. The minimum absolute atomic E-state index is 0.181. The Balaban J connectivity index is 1.66. The lowest BCUT2D eigenvalue weighted by Gasteiger charge is -2.36. The second kappa shape index (κ2) is 5.70. The zero-order valence-corrected chi connectivity index (χ0v) is 11.8. The van der Waals surface area contributed by atoms with E-state index in [0.717, 1.165) is 64.6 Å². The van der Waals surface area contributed by atoms with Gasteiger partial charge in [-0.15, -0.1) is 0 Å². The summed E-state index contributed by atoms with van der Waals surface area (Å²) in [5, 5.41) is 10.1. The maximum absolute atomic E-state index is 12.6. The maximum atomic E-state index is 12.6. The van der Waals surface area contributed by atoms with E-state index in [1.165, 1.54) is 6.42 Å². The number of hydrogen-bond acceptors (Lipinski definition) is 2. The van der Waals surface area contributed by atoms with E-state index in [2.05, 4.69) is 4.90 Å². The number of aliphatic hydroxyl groups excluding tert-OH is 1. The van der Waals surface area contributed by atoms with Crippen LogP contribution in [0, 0.1) is 5.92 Å². The van der Waals surface area contributed by atoms with Crippen LogP contribution in [0.3, 0.4) is 0 Å². The summed E-state index contributed by atoms with van der Waals surface area (Å²) >= 11 is 0. The molecule has 4 nitrogen and oxygen atoms in total. The number of nitrogens with zero attached hydrogens (tertiary/aromatic N) is 2. The van der Waals surface area contributed by atoms with Crippen LogP contribution in [-0.4, -0.2) is 52.7 Å². The molecule has 1 aliphatic carbocycles. The highest BCUT2D eigenvalue weighted by atomic mass is 16.3. The van der Waals surface area contributed by atoms with Gasteiger partial charge >= 0.3 is 6.03 Å². The van der Waals surface area contributed by atoms with Crippen molar-refractivity contribution in [1.29, 1.82) is 0 Å². The van der Waals surface area contributed by atoms with E-state index in [1.807, 2.05) is 4.90 Å². The van der Waals surface area contributed by atoms with Crippen molar-refractivity contribution in [2.24, 2.45) is 5.92 Å². The fourth-order valence-electron chi connectivity index (χ4n) is 4.16. The van der Waals surface area contributed by atoms with Crippen molar-refractivity contribution in [2.45, 2.75) is 63.5 Å². The van der Waals surface area contributed by atoms with Crippen molar-refractivity contribution < 1.29 is 9.90 Å². The zero-order chi connectivity index (χ0) is 13.2. The summed E-state index contributed by atoms with van der Waals surface area (Å²) in [6.07, 6.45) is 8.70. The highest BCUT2D eigenvalue weighted by Gasteiger charge is 2.41. The summed E-state index contributed by atoms with van der Waals surface area (Å²) in [5.74, 6) is 0.330. The Hall–Kier alpha value is -0.770. The first-order valence-corrected chi connectivity index (χ1v) is 8.01. The Labute approximate surface area is 115 Å². The molecule has 4 heteroatoms. The number of amides is 2. The molecule has 108 valence electrons. The minimum Gasteiger partial charge on any atom is -0.393 e. The van der Waals surface area contributed by atoms with E-state index in [4.69, 9.17) is 0 Å². The molecular formula is C15H26N2O2. The Morgan fingerprint density at radius 3 is 2.37 bits per heavy atom. The molecule has 0 spiro atoms. The molecule has 1 N–H and O–H groups in total. The number of aliphatic hydroxyl groups is 1. The second-order valence-corrected chi connectivity index (χ2v) is 6.40. The van der Waals surface area contributed by atoms with E-state index >= 15 is 0 Å². The van der Waals surface area contributed by atoms with Crippen LogP contribution in [0.4, 0.5) is 4.79 Å². The molecule has 2 amide bonds. The van der Waals surface area contributed by atoms with Gasteiger partial charge in [-0.1, -0.05) is 6.42 Å². The van der Waals surface area contributed by atoms with Crippen molar-refractivity contribution in [3.8, 4) is 0 Å². The average molecular weight is 266 g/mol. The molecule has 2 saturated heterocycles. The quantitative estimate of drug-likeness (QED) is 0.791. The van der Waals surface area contributed by atoms with Gasteiger partial charge in [0, 0.05) is 31.6 Å². The van der Waals surface area contributed by atoms with Crippen LogP contribution >= 0.6 is 0 Å². The van der Waals surface area contributed by atoms with E-state index in [1.54, 1.807) is 0 Å². The van der Waals surface area contributed by atoms with E-state index < -0.39 is 0 Å². The van der Waals surface area contributed by atoms with Crippen molar-refractivity contribution in [2.75, 3.05) is 19.6 Å². The molecule has 19 heavy (non-hydrogen) atoms. The van der Waals surface area contributed by atoms with Crippen LogP contribution in [0.1, 0.15) is 51.4 Å². The summed E-state index contributed by atoms with van der Waals surface area (Å²) in [6, 6.07) is 0.535. The second-order valence-electron chi connectivity index (χ2n) is 6.40. The van der Waals surface area contributed by atoms with Crippen LogP contribution in [0.15, 0.2) is 0 Å². The number of piperidine rings is 1. The number of carbonyl (C=O) groups excluding carboxylic acids is 1. The van der Waals surface area contributed by atoms with Gasteiger partial charge in [0.1, 0.15) is 0 Å². The van der Waals surface area contributed by atoms with E-state index in [9.17, 15) is 9.90 Å². The lowest BCUT2D eigenvalue weighted by Crippen LogP contribution is -2.50.